The number of imidazole rings is 1. The average molecular weight is 273 g/mol. The fourth-order valence-corrected chi connectivity index (χ4v) is 1.97. The first-order chi connectivity index (χ1) is 9.65. The van der Waals surface area contributed by atoms with Gasteiger partial charge in [-0.2, -0.15) is 5.10 Å². The van der Waals surface area contributed by atoms with E-state index < -0.39 is 5.82 Å². The second-order valence-electron chi connectivity index (χ2n) is 4.40. The minimum Gasteiger partial charge on any atom is -0.343 e. The second kappa shape index (κ2) is 4.76. The van der Waals surface area contributed by atoms with Crippen molar-refractivity contribution in [3.63, 3.8) is 0 Å². The Morgan fingerprint density at radius 3 is 3.10 bits per heavy atom. The smallest absolute Gasteiger partial charge is 0.272 e. The summed E-state index contributed by atoms with van der Waals surface area (Å²) in [6.07, 6.45) is 3.45. The van der Waals surface area contributed by atoms with Crippen molar-refractivity contribution in [1.82, 2.24) is 25.1 Å². The highest BCUT2D eigenvalue weighted by Gasteiger charge is 2.15. The number of rotatable bonds is 3. The molecule has 0 aliphatic rings. The number of aromatic amines is 1. The van der Waals surface area contributed by atoms with E-state index in [-0.39, 0.29) is 18.1 Å². The predicted octanol–water partition coefficient (Wildman–Crippen LogP) is 1.37. The molecule has 0 saturated heterocycles. The molecular weight excluding hydrogens is 261 g/mol. The molecule has 2 heterocycles. The third-order valence-electron chi connectivity index (χ3n) is 3.07. The largest absolute Gasteiger partial charge is 0.343 e. The number of amides is 1. The van der Waals surface area contributed by atoms with Gasteiger partial charge >= 0.3 is 0 Å². The number of nitrogens with one attached hydrogen (secondary N) is 2. The van der Waals surface area contributed by atoms with Gasteiger partial charge in [-0.3, -0.25) is 9.89 Å². The van der Waals surface area contributed by atoms with Crippen molar-refractivity contribution < 1.29 is 9.18 Å². The van der Waals surface area contributed by atoms with Crippen LogP contribution in [-0.4, -0.2) is 25.7 Å². The summed E-state index contributed by atoms with van der Waals surface area (Å²) < 4.78 is 15.0. The Hall–Kier alpha value is -2.70. The van der Waals surface area contributed by atoms with Crippen LogP contribution in [0.1, 0.15) is 16.3 Å². The predicted molar refractivity (Wildman–Crippen MR) is 70.4 cm³/mol. The molecule has 0 aliphatic carbocycles. The van der Waals surface area contributed by atoms with Crippen LogP contribution in [0, 0.1) is 5.82 Å². The third kappa shape index (κ3) is 2.13. The van der Waals surface area contributed by atoms with Crippen LogP contribution < -0.4 is 5.32 Å². The number of carbonyl (C=O) groups excluding carboxylic acids is 1. The van der Waals surface area contributed by atoms with Crippen molar-refractivity contribution >= 4 is 16.8 Å². The highest BCUT2D eigenvalue weighted by atomic mass is 19.1. The number of H-pyrrole nitrogens is 1. The quantitative estimate of drug-likeness (QED) is 0.756. The molecule has 0 saturated carbocycles. The van der Waals surface area contributed by atoms with Crippen LogP contribution in [0.25, 0.3) is 10.9 Å². The van der Waals surface area contributed by atoms with Gasteiger partial charge in [0.1, 0.15) is 11.6 Å². The van der Waals surface area contributed by atoms with E-state index in [9.17, 15) is 9.18 Å². The Morgan fingerprint density at radius 2 is 2.35 bits per heavy atom. The Bertz CT molecular complexity index is 776. The Labute approximate surface area is 113 Å². The van der Waals surface area contributed by atoms with Crippen molar-refractivity contribution in [2.45, 2.75) is 6.54 Å². The summed E-state index contributed by atoms with van der Waals surface area (Å²) >= 11 is 0. The maximum absolute atomic E-state index is 13.2. The molecule has 0 aliphatic heterocycles. The van der Waals surface area contributed by atoms with E-state index in [2.05, 4.69) is 20.5 Å². The number of fused-ring (bicyclic) bond motifs is 1. The molecule has 0 spiro atoms. The molecule has 1 amide bonds. The number of benzene rings is 1. The van der Waals surface area contributed by atoms with Gasteiger partial charge in [-0.25, -0.2) is 9.37 Å². The lowest BCUT2D eigenvalue weighted by atomic mass is 10.2. The fourth-order valence-electron chi connectivity index (χ4n) is 1.97. The fraction of sp³-hybridized carbons (Fsp3) is 0.154. The lowest BCUT2D eigenvalue weighted by Crippen LogP contribution is -2.24. The molecule has 3 aromatic rings. The first kappa shape index (κ1) is 12.3. The summed E-state index contributed by atoms with van der Waals surface area (Å²) in [6.45, 7) is 0.284. The van der Waals surface area contributed by atoms with E-state index in [4.69, 9.17) is 0 Å². The first-order valence-corrected chi connectivity index (χ1v) is 6.03. The molecule has 1 aromatic carbocycles. The van der Waals surface area contributed by atoms with Crippen molar-refractivity contribution in [3.8, 4) is 0 Å². The van der Waals surface area contributed by atoms with E-state index in [0.29, 0.717) is 10.9 Å². The molecule has 0 bridgehead atoms. The van der Waals surface area contributed by atoms with Crippen LogP contribution >= 0.6 is 0 Å². The van der Waals surface area contributed by atoms with Gasteiger partial charge in [0, 0.05) is 24.8 Å². The van der Waals surface area contributed by atoms with Gasteiger partial charge in [0.25, 0.3) is 5.91 Å². The SMILES string of the molecule is Cn1ccnc1CNC(=O)c1n[nH]c2ccc(F)cc12. The van der Waals surface area contributed by atoms with E-state index >= 15 is 0 Å². The normalized spacial score (nSPS) is 10.9. The molecule has 0 unspecified atom stereocenters. The number of aromatic nitrogens is 4. The number of nitrogens with zero attached hydrogens (tertiary/aromatic N) is 3. The highest BCUT2D eigenvalue weighted by Crippen LogP contribution is 2.17. The van der Waals surface area contributed by atoms with Gasteiger partial charge in [0.15, 0.2) is 5.69 Å². The van der Waals surface area contributed by atoms with Gasteiger partial charge in [-0.1, -0.05) is 0 Å². The number of hydrogen-bond donors (Lipinski definition) is 2. The second-order valence-corrected chi connectivity index (χ2v) is 4.40. The van der Waals surface area contributed by atoms with Gasteiger partial charge in [-0.05, 0) is 18.2 Å². The van der Waals surface area contributed by atoms with Crippen LogP contribution in [0.3, 0.4) is 0 Å². The lowest BCUT2D eigenvalue weighted by Gasteiger charge is -2.03. The molecule has 3 rings (SSSR count). The van der Waals surface area contributed by atoms with Crippen molar-refractivity contribution in [2.75, 3.05) is 0 Å². The monoisotopic (exact) mass is 273 g/mol. The Balaban J connectivity index is 1.82. The van der Waals surface area contributed by atoms with Crippen LogP contribution in [-0.2, 0) is 13.6 Å². The molecule has 2 aromatic heterocycles. The van der Waals surface area contributed by atoms with Crippen molar-refractivity contribution in [2.24, 2.45) is 7.05 Å². The van der Waals surface area contributed by atoms with Gasteiger partial charge in [-0.15, -0.1) is 0 Å². The summed E-state index contributed by atoms with van der Waals surface area (Å²) in [5.74, 6) is -0.0497. The molecule has 20 heavy (non-hydrogen) atoms. The molecular formula is C13H12FN5O. The number of carbonyl (C=O) groups is 1. The zero-order valence-electron chi connectivity index (χ0n) is 10.7. The standard InChI is InChI=1S/C13H12FN5O/c1-19-5-4-15-11(19)7-16-13(20)12-9-6-8(14)2-3-10(9)17-18-12/h2-6H,7H2,1H3,(H,16,20)(H,17,18). The minimum absolute atomic E-state index is 0.175. The highest BCUT2D eigenvalue weighted by molar-refractivity contribution is 6.04. The molecule has 2 N–H and O–H groups in total. The summed E-state index contributed by atoms with van der Waals surface area (Å²) in [5.41, 5.74) is 0.794. The van der Waals surface area contributed by atoms with Gasteiger partial charge < -0.3 is 9.88 Å². The molecule has 6 nitrogen and oxygen atoms in total. The summed E-state index contributed by atoms with van der Waals surface area (Å²) in [5, 5.41) is 9.80. The average Bonchev–Trinajstić information content (AvgIpc) is 3.02. The first-order valence-electron chi connectivity index (χ1n) is 6.03. The van der Waals surface area contributed by atoms with Crippen LogP contribution in [0.15, 0.2) is 30.6 Å². The van der Waals surface area contributed by atoms with E-state index in [1.165, 1.54) is 12.1 Å². The molecule has 0 radical (unpaired) electrons. The van der Waals surface area contributed by atoms with Crippen molar-refractivity contribution in [1.29, 1.82) is 0 Å². The van der Waals surface area contributed by atoms with Gasteiger partial charge in [0.05, 0.1) is 12.1 Å². The Morgan fingerprint density at radius 1 is 1.50 bits per heavy atom. The topological polar surface area (TPSA) is 75.6 Å². The number of aryl methyl sites for hydroxylation is 1. The Kier molecular flexibility index (Phi) is 2.94. The third-order valence-corrected chi connectivity index (χ3v) is 3.07. The summed E-state index contributed by atoms with van der Waals surface area (Å²) in [7, 11) is 1.84. The number of halogens is 1. The maximum Gasteiger partial charge on any atom is 0.272 e. The van der Waals surface area contributed by atoms with Crippen LogP contribution in [0.4, 0.5) is 4.39 Å². The molecule has 0 atom stereocenters. The summed E-state index contributed by atoms with van der Waals surface area (Å²) in [6, 6.07) is 4.15. The number of hydrogen-bond acceptors (Lipinski definition) is 3. The zero-order valence-corrected chi connectivity index (χ0v) is 10.7. The van der Waals surface area contributed by atoms with Gasteiger partial charge in [0.2, 0.25) is 0 Å². The van der Waals surface area contributed by atoms with Crippen LogP contribution in [0.5, 0.6) is 0 Å². The van der Waals surface area contributed by atoms with Crippen molar-refractivity contribution in [3.05, 3.63) is 47.9 Å². The van der Waals surface area contributed by atoms with Crippen LogP contribution in [0.2, 0.25) is 0 Å². The lowest BCUT2D eigenvalue weighted by molar-refractivity contribution is 0.0946. The molecule has 0 fully saturated rings. The molecule has 102 valence electrons. The zero-order chi connectivity index (χ0) is 14.1. The molecule has 7 heteroatoms. The van der Waals surface area contributed by atoms with E-state index in [1.54, 1.807) is 18.5 Å². The minimum atomic E-state index is -0.406. The van der Waals surface area contributed by atoms with E-state index in [0.717, 1.165) is 5.82 Å². The van der Waals surface area contributed by atoms with E-state index in [1.807, 2.05) is 11.6 Å². The summed E-state index contributed by atoms with van der Waals surface area (Å²) in [4.78, 5) is 16.2. The maximum atomic E-state index is 13.2.